The van der Waals surface area contributed by atoms with E-state index in [1.807, 2.05) is 6.92 Å². The Kier molecular flexibility index (Phi) is 6.39. The maximum atomic E-state index is 12.2. The summed E-state index contributed by atoms with van der Waals surface area (Å²) in [6, 6.07) is 13.5. The number of carbonyl (C=O) groups excluding carboxylic acids is 2. The molecule has 25 heavy (non-hydrogen) atoms. The lowest BCUT2D eigenvalue weighted by molar-refractivity contribution is -0.123. The number of hydrogen-bond acceptors (Lipinski definition) is 5. The third kappa shape index (κ3) is 5.24. The summed E-state index contributed by atoms with van der Waals surface area (Å²) in [4.78, 5) is 24.3. The second-order valence-corrected chi connectivity index (χ2v) is 5.23. The van der Waals surface area contributed by atoms with Crippen molar-refractivity contribution in [3.63, 3.8) is 0 Å². The predicted octanol–water partition coefficient (Wildman–Crippen LogP) is 3.28. The molecule has 0 fully saturated rings. The third-order valence-electron chi connectivity index (χ3n) is 3.39. The second-order valence-electron chi connectivity index (χ2n) is 5.23. The van der Waals surface area contributed by atoms with E-state index in [0.29, 0.717) is 29.4 Å². The normalized spacial score (nSPS) is 11.3. The van der Waals surface area contributed by atoms with Crippen molar-refractivity contribution in [3.8, 4) is 11.5 Å². The maximum Gasteiger partial charge on any atom is 0.338 e. The van der Waals surface area contributed by atoms with Gasteiger partial charge in [0.2, 0.25) is 0 Å². The molecule has 2 aromatic rings. The molecule has 1 amide bonds. The van der Waals surface area contributed by atoms with E-state index in [4.69, 9.17) is 14.2 Å². The SMILES string of the molecule is CCOc1ccc(C(=O)O[C@@H](C)C(=O)Nc2cccc(OC)c2)cc1. The van der Waals surface area contributed by atoms with Crippen LogP contribution >= 0.6 is 0 Å². The maximum absolute atomic E-state index is 12.2. The summed E-state index contributed by atoms with van der Waals surface area (Å²) in [5.74, 6) is 0.295. The molecule has 0 saturated carbocycles. The molecule has 0 unspecified atom stereocenters. The lowest BCUT2D eigenvalue weighted by atomic mass is 10.2. The zero-order chi connectivity index (χ0) is 18.2. The number of nitrogens with one attached hydrogen (secondary N) is 1. The number of anilines is 1. The van der Waals surface area contributed by atoms with Gasteiger partial charge < -0.3 is 19.5 Å². The Morgan fingerprint density at radius 1 is 1.08 bits per heavy atom. The first-order valence-electron chi connectivity index (χ1n) is 7.92. The summed E-state index contributed by atoms with van der Waals surface area (Å²) in [5, 5.41) is 2.68. The van der Waals surface area contributed by atoms with Gasteiger partial charge in [0.25, 0.3) is 5.91 Å². The lowest BCUT2D eigenvalue weighted by Crippen LogP contribution is -2.30. The predicted molar refractivity (Wildman–Crippen MR) is 94.1 cm³/mol. The summed E-state index contributed by atoms with van der Waals surface area (Å²) in [5.41, 5.74) is 0.915. The molecule has 0 spiro atoms. The topological polar surface area (TPSA) is 73.9 Å². The molecule has 0 aliphatic rings. The zero-order valence-electron chi connectivity index (χ0n) is 14.4. The molecule has 0 saturated heterocycles. The van der Waals surface area contributed by atoms with Gasteiger partial charge in [0, 0.05) is 11.8 Å². The number of esters is 1. The van der Waals surface area contributed by atoms with E-state index in [-0.39, 0.29) is 0 Å². The third-order valence-corrected chi connectivity index (χ3v) is 3.39. The highest BCUT2D eigenvalue weighted by atomic mass is 16.5. The van der Waals surface area contributed by atoms with Crippen LogP contribution in [0.4, 0.5) is 5.69 Å². The van der Waals surface area contributed by atoms with E-state index in [0.717, 1.165) is 0 Å². The van der Waals surface area contributed by atoms with Crippen molar-refractivity contribution < 1.29 is 23.8 Å². The van der Waals surface area contributed by atoms with Crippen molar-refractivity contribution >= 4 is 17.6 Å². The van der Waals surface area contributed by atoms with Crippen molar-refractivity contribution in [1.82, 2.24) is 0 Å². The van der Waals surface area contributed by atoms with Gasteiger partial charge in [0.15, 0.2) is 6.10 Å². The van der Waals surface area contributed by atoms with Gasteiger partial charge in [-0.3, -0.25) is 4.79 Å². The molecule has 1 atom stereocenters. The van der Waals surface area contributed by atoms with Crippen LogP contribution in [0, 0.1) is 0 Å². The molecule has 6 heteroatoms. The molecule has 0 aliphatic carbocycles. The largest absolute Gasteiger partial charge is 0.497 e. The quantitative estimate of drug-likeness (QED) is 0.781. The molecule has 0 heterocycles. The van der Waals surface area contributed by atoms with Crippen molar-refractivity contribution in [3.05, 3.63) is 54.1 Å². The van der Waals surface area contributed by atoms with E-state index in [1.165, 1.54) is 6.92 Å². The fraction of sp³-hybridized carbons (Fsp3) is 0.263. The van der Waals surface area contributed by atoms with Crippen LogP contribution in [0.1, 0.15) is 24.2 Å². The minimum atomic E-state index is -0.940. The Morgan fingerprint density at radius 2 is 1.80 bits per heavy atom. The molecule has 0 aromatic heterocycles. The highest BCUT2D eigenvalue weighted by Crippen LogP contribution is 2.17. The first kappa shape index (κ1) is 18.3. The van der Waals surface area contributed by atoms with Gasteiger partial charge in [0.05, 0.1) is 19.3 Å². The molecule has 2 rings (SSSR count). The van der Waals surface area contributed by atoms with Crippen molar-refractivity contribution in [1.29, 1.82) is 0 Å². The van der Waals surface area contributed by atoms with Gasteiger partial charge in [-0.15, -0.1) is 0 Å². The summed E-state index contributed by atoms with van der Waals surface area (Å²) < 4.78 is 15.6. The van der Waals surface area contributed by atoms with Gasteiger partial charge >= 0.3 is 5.97 Å². The molecular weight excluding hydrogens is 322 g/mol. The number of amides is 1. The smallest absolute Gasteiger partial charge is 0.338 e. The highest BCUT2D eigenvalue weighted by molar-refractivity contribution is 5.97. The fourth-order valence-electron chi connectivity index (χ4n) is 2.08. The molecule has 0 bridgehead atoms. The average molecular weight is 343 g/mol. The number of carbonyl (C=O) groups is 2. The van der Waals surface area contributed by atoms with Gasteiger partial charge in [-0.25, -0.2) is 4.79 Å². The molecular formula is C19H21NO5. The van der Waals surface area contributed by atoms with Gasteiger partial charge in [0.1, 0.15) is 11.5 Å². The van der Waals surface area contributed by atoms with E-state index in [9.17, 15) is 9.59 Å². The summed E-state index contributed by atoms with van der Waals surface area (Å²) in [6.45, 7) is 3.94. The average Bonchev–Trinajstić information content (AvgIpc) is 2.62. The zero-order valence-corrected chi connectivity index (χ0v) is 14.4. The van der Waals surface area contributed by atoms with Crippen LogP contribution in [-0.2, 0) is 9.53 Å². The van der Waals surface area contributed by atoms with E-state index < -0.39 is 18.0 Å². The molecule has 1 N–H and O–H groups in total. The Balaban J connectivity index is 1.94. The first-order chi connectivity index (χ1) is 12.0. The van der Waals surface area contributed by atoms with Crippen LogP contribution < -0.4 is 14.8 Å². The van der Waals surface area contributed by atoms with Crippen LogP contribution in [-0.4, -0.2) is 31.7 Å². The van der Waals surface area contributed by atoms with Gasteiger partial charge in [-0.2, -0.15) is 0 Å². The first-order valence-corrected chi connectivity index (χ1v) is 7.92. The number of benzene rings is 2. The van der Waals surface area contributed by atoms with Crippen LogP contribution in [0.5, 0.6) is 11.5 Å². The molecule has 6 nitrogen and oxygen atoms in total. The van der Waals surface area contributed by atoms with Crippen molar-refractivity contribution in [2.24, 2.45) is 0 Å². The summed E-state index contributed by atoms with van der Waals surface area (Å²) in [7, 11) is 1.54. The summed E-state index contributed by atoms with van der Waals surface area (Å²) in [6.07, 6.45) is -0.940. The minimum Gasteiger partial charge on any atom is -0.497 e. The minimum absolute atomic E-state index is 0.351. The lowest BCUT2D eigenvalue weighted by Gasteiger charge is -2.14. The monoisotopic (exact) mass is 343 g/mol. The van der Waals surface area contributed by atoms with Crippen LogP contribution in [0.25, 0.3) is 0 Å². The molecule has 2 aromatic carbocycles. The van der Waals surface area contributed by atoms with Crippen LogP contribution in [0.15, 0.2) is 48.5 Å². The second kappa shape index (κ2) is 8.73. The Morgan fingerprint density at radius 3 is 2.44 bits per heavy atom. The van der Waals surface area contributed by atoms with Crippen LogP contribution in [0.2, 0.25) is 0 Å². The van der Waals surface area contributed by atoms with Gasteiger partial charge in [-0.1, -0.05) is 6.07 Å². The molecule has 132 valence electrons. The Hall–Kier alpha value is -3.02. The Bertz CT molecular complexity index is 727. The highest BCUT2D eigenvalue weighted by Gasteiger charge is 2.19. The number of methoxy groups -OCH3 is 1. The van der Waals surface area contributed by atoms with Crippen molar-refractivity contribution in [2.45, 2.75) is 20.0 Å². The summed E-state index contributed by atoms with van der Waals surface area (Å²) >= 11 is 0. The standard InChI is InChI=1S/C19H21NO5/c1-4-24-16-10-8-14(9-11-16)19(22)25-13(2)18(21)20-15-6-5-7-17(12-15)23-3/h5-13H,4H2,1-3H3,(H,20,21)/t13-/m0/s1. The Labute approximate surface area is 146 Å². The number of ether oxygens (including phenoxy) is 3. The van der Waals surface area contributed by atoms with Crippen molar-refractivity contribution in [2.75, 3.05) is 19.0 Å². The van der Waals surface area contributed by atoms with E-state index >= 15 is 0 Å². The fourth-order valence-corrected chi connectivity index (χ4v) is 2.08. The van der Waals surface area contributed by atoms with E-state index in [2.05, 4.69) is 5.32 Å². The number of hydrogen-bond donors (Lipinski definition) is 1. The number of rotatable bonds is 7. The molecule has 0 radical (unpaired) electrons. The van der Waals surface area contributed by atoms with Gasteiger partial charge in [-0.05, 0) is 50.2 Å². The molecule has 0 aliphatic heterocycles. The van der Waals surface area contributed by atoms with Crippen LogP contribution in [0.3, 0.4) is 0 Å². The van der Waals surface area contributed by atoms with E-state index in [1.54, 1.807) is 55.6 Å².